The second-order valence-corrected chi connectivity index (χ2v) is 5.37. The van der Waals surface area contributed by atoms with Gasteiger partial charge in [0, 0.05) is 0 Å². The van der Waals surface area contributed by atoms with Gasteiger partial charge in [-0.2, -0.15) is 0 Å². The van der Waals surface area contributed by atoms with Gasteiger partial charge < -0.3 is 4.74 Å². The number of benzene rings is 1. The fraction of sp³-hybridized carbons (Fsp3) is 0.571. The van der Waals surface area contributed by atoms with Gasteiger partial charge in [-0.3, -0.25) is 0 Å². The fourth-order valence-corrected chi connectivity index (χ4v) is 1.98. The molecule has 0 heterocycles. The van der Waals surface area contributed by atoms with Gasteiger partial charge in [-0.1, -0.05) is 32.9 Å². The standard InChI is InChI=1S/C14H21ClO/c1-6-14(3,4)13(15)11-7-8-12(16-5)10(2)9-11/h7-9,13H,6H2,1-5H3. The van der Waals surface area contributed by atoms with Crippen LogP contribution in [0.4, 0.5) is 0 Å². The Morgan fingerprint density at radius 1 is 1.38 bits per heavy atom. The quantitative estimate of drug-likeness (QED) is 0.692. The van der Waals surface area contributed by atoms with Crippen molar-refractivity contribution in [3.8, 4) is 5.75 Å². The minimum Gasteiger partial charge on any atom is -0.496 e. The van der Waals surface area contributed by atoms with E-state index in [0.717, 1.165) is 17.7 Å². The summed E-state index contributed by atoms with van der Waals surface area (Å²) >= 11 is 6.52. The third-order valence-corrected chi connectivity index (χ3v) is 4.15. The summed E-state index contributed by atoms with van der Waals surface area (Å²) in [6, 6.07) is 6.17. The molecule has 1 aromatic rings. The molecule has 0 saturated heterocycles. The molecule has 0 N–H and O–H groups in total. The predicted molar refractivity (Wildman–Crippen MR) is 70.4 cm³/mol. The summed E-state index contributed by atoms with van der Waals surface area (Å²) in [4.78, 5) is 0. The lowest BCUT2D eigenvalue weighted by Gasteiger charge is -2.29. The molecule has 0 aliphatic carbocycles. The highest BCUT2D eigenvalue weighted by atomic mass is 35.5. The highest BCUT2D eigenvalue weighted by Gasteiger charge is 2.27. The zero-order valence-corrected chi connectivity index (χ0v) is 11.6. The third kappa shape index (κ3) is 2.70. The van der Waals surface area contributed by atoms with Gasteiger partial charge in [-0.05, 0) is 36.0 Å². The molecule has 0 aromatic heterocycles. The van der Waals surface area contributed by atoms with Crippen LogP contribution < -0.4 is 4.74 Å². The first-order valence-electron chi connectivity index (χ1n) is 5.71. The van der Waals surface area contributed by atoms with Crippen LogP contribution in [0.15, 0.2) is 18.2 Å². The smallest absolute Gasteiger partial charge is 0.121 e. The molecule has 0 aliphatic heterocycles. The second-order valence-electron chi connectivity index (χ2n) is 4.93. The molecule has 0 radical (unpaired) electrons. The zero-order chi connectivity index (χ0) is 12.3. The number of hydrogen-bond donors (Lipinski definition) is 0. The van der Waals surface area contributed by atoms with Gasteiger partial charge in [-0.25, -0.2) is 0 Å². The van der Waals surface area contributed by atoms with Crippen LogP contribution >= 0.6 is 11.6 Å². The monoisotopic (exact) mass is 240 g/mol. The van der Waals surface area contributed by atoms with Crippen molar-refractivity contribution in [2.75, 3.05) is 7.11 Å². The molecule has 1 unspecified atom stereocenters. The zero-order valence-electron chi connectivity index (χ0n) is 10.8. The molecule has 2 heteroatoms. The molecule has 0 aliphatic rings. The van der Waals surface area contributed by atoms with Crippen LogP contribution in [0.2, 0.25) is 0 Å². The lowest BCUT2D eigenvalue weighted by molar-refractivity contribution is 0.336. The van der Waals surface area contributed by atoms with E-state index in [1.54, 1.807) is 7.11 Å². The van der Waals surface area contributed by atoms with Crippen LogP contribution in [0.25, 0.3) is 0 Å². The second kappa shape index (κ2) is 5.09. The normalized spacial score (nSPS) is 13.6. The number of aryl methyl sites for hydroxylation is 1. The van der Waals surface area contributed by atoms with Crippen LogP contribution in [0, 0.1) is 12.3 Å². The first kappa shape index (κ1) is 13.4. The molecule has 0 fully saturated rings. The Bertz CT molecular complexity index is 358. The van der Waals surface area contributed by atoms with Gasteiger partial charge in [0.15, 0.2) is 0 Å². The Morgan fingerprint density at radius 3 is 2.44 bits per heavy atom. The summed E-state index contributed by atoms with van der Waals surface area (Å²) in [5.74, 6) is 0.918. The maximum Gasteiger partial charge on any atom is 0.121 e. The number of methoxy groups -OCH3 is 1. The molecule has 1 nitrogen and oxygen atoms in total. The SMILES string of the molecule is CCC(C)(C)C(Cl)c1ccc(OC)c(C)c1. The van der Waals surface area contributed by atoms with Crippen molar-refractivity contribution in [3.05, 3.63) is 29.3 Å². The molecule has 0 saturated carbocycles. The Balaban J connectivity index is 3.02. The van der Waals surface area contributed by atoms with Gasteiger partial charge >= 0.3 is 0 Å². The van der Waals surface area contributed by atoms with Gasteiger partial charge in [0.1, 0.15) is 5.75 Å². The molecule has 1 rings (SSSR count). The van der Waals surface area contributed by atoms with Gasteiger partial charge in [0.25, 0.3) is 0 Å². The Morgan fingerprint density at radius 2 is 2.00 bits per heavy atom. The molecule has 1 aromatic carbocycles. The van der Waals surface area contributed by atoms with Gasteiger partial charge in [-0.15, -0.1) is 11.6 Å². The van der Waals surface area contributed by atoms with E-state index in [9.17, 15) is 0 Å². The number of rotatable bonds is 4. The molecule has 0 spiro atoms. The van der Waals surface area contributed by atoms with Gasteiger partial charge in [0.2, 0.25) is 0 Å². The van der Waals surface area contributed by atoms with Crippen molar-refractivity contribution in [2.24, 2.45) is 5.41 Å². The highest BCUT2D eigenvalue weighted by Crippen LogP contribution is 2.42. The van der Waals surface area contributed by atoms with Crippen LogP contribution in [0.3, 0.4) is 0 Å². The Hall–Kier alpha value is -0.690. The first-order valence-corrected chi connectivity index (χ1v) is 6.14. The summed E-state index contributed by atoms with van der Waals surface area (Å²) in [6.45, 7) is 8.62. The van der Waals surface area contributed by atoms with E-state index >= 15 is 0 Å². The average molecular weight is 241 g/mol. The van der Waals surface area contributed by atoms with E-state index in [2.05, 4.69) is 32.9 Å². The van der Waals surface area contributed by atoms with E-state index in [1.807, 2.05) is 13.0 Å². The van der Waals surface area contributed by atoms with E-state index < -0.39 is 0 Å². The minimum absolute atomic E-state index is 0.0436. The number of ether oxygens (including phenoxy) is 1. The van der Waals surface area contributed by atoms with Gasteiger partial charge in [0.05, 0.1) is 12.5 Å². The maximum atomic E-state index is 6.52. The predicted octanol–water partition coefficient (Wildman–Crippen LogP) is 4.72. The lowest BCUT2D eigenvalue weighted by atomic mass is 9.82. The molecule has 16 heavy (non-hydrogen) atoms. The topological polar surface area (TPSA) is 9.23 Å². The molecular formula is C14H21ClO. The third-order valence-electron chi connectivity index (χ3n) is 3.31. The van der Waals surface area contributed by atoms with E-state index in [4.69, 9.17) is 16.3 Å². The first-order chi connectivity index (χ1) is 7.42. The van der Waals surface area contributed by atoms with Crippen molar-refractivity contribution < 1.29 is 4.74 Å². The number of hydrogen-bond acceptors (Lipinski definition) is 1. The lowest BCUT2D eigenvalue weighted by Crippen LogP contribution is -2.17. The van der Waals surface area contributed by atoms with E-state index in [0.29, 0.717) is 0 Å². The van der Waals surface area contributed by atoms with Crippen molar-refractivity contribution in [1.29, 1.82) is 0 Å². The van der Waals surface area contributed by atoms with Crippen molar-refractivity contribution in [1.82, 2.24) is 0 Å². The van der Waals surface area contributed by atoms with E-state index in [-0.39, 0.29) is 10.8 Å². The average Bonchev–Trinajstić information content (AvgIpc) is 2.27. The van der Waals surface area contributed by atoms with Crippen LogP contribution in [-0.4, -0.2) is 7.11 Å². The summed E-state index contributed by atoms with van der Waals surface area (Å²) in [5.41, 5.74) is 2.42. The molecule has 1 atom stereocenters. The Labute approximate surface area is 104 Å². The molecular weight excluding hydrogens is 220 g/mol. The summed E-state index contributed by atoms with van der Waals surface area (Å²) in [6.07, 6.45) is 1.06. The molecule has 0 amide bonds. The number of alkyl halides is 1. The van der Waals surface area contributed by atoms with Crippen LogP contribution in [0.5, 0.6) is 5.75 Å². The molecule has 90 valence electrons. The van der Waals surface area contributed by atoms with E-state index in [1.165, 1.54) is 5.56 Å². The number of halogens is 1. The summed E-state index contributed by atoms with van der Waals surface area (Å²) in [7, 11) is 1.69. The highest BCUT2D eigenvalue weighted by molar-refractivity contribution is 6.21. The fourth-order valence-electron chi connectivity index (χ4n) is 1.69. The van der Waals surface area contributed by atoms with Crippen molar-refractivity contribution in [3.63, 3.8) is 0 Å². The minimum atomic E-state index is 0.0436. The molecule has 0 bridgehead atoms. The maximum absolute atomic E-state index is 6.52. The van der Waals surface area contributed by atoms with Crippen LogP contribution in [0.1, 0.15) is 43.7 Å². The van der Waals surface area contributed by atoms with Crippen molar-refractivity contribution >= 4 is 11.6 Å². The largest absolute Gasteiger partial charge is 0.496 e. The van der Waals surface area contributed by atoms with Crippen molar-refractivity contribution in [2.45, 2.75) is 39.5 Å². The Kier molecular flexibility index (Phi) is 4.26. The van der Waals surface area contributed by atoms with Crippen LogP contribution in [-0.2, 0) is 0 Å². The summed E-state index contributed by atoms with van der Waals surface area (Å²) < 4.78 is 5.25. The summed E-state index contributed by atoms with van der Waals surface area (Å²) in [5, 5.41) is 0.0436.